The topological polar surface area (TPSA) is 181 Å². The van der Waals surface area contributed by atoms with Crippen LogP contribution in [0.1, 0.15) is 78.6 Å². The molecule has 1 aromatic rings. The Morgan fingerprint density at radius 3 is 1.98 bits per heavy atom. The van der Waals surface area contributed by atoms with E-state index in [1.165, 1.54) is 32.9 Å². The van der Waals surface area contributed by atoms with E-state index in [0.717, 1.165) is 6.92 Å². The molecule has 1 aromatic carbocycles. The molecule has 2 saturated carbocycles. The highest BCUT2D eigenvalue weighted by molar-refractivity contribution is 5.89. The number of ether oxygens (including phenoxy) is 6. The van der Waals surface area contributed by atoms with Gasteiger partial charge >= 0.3 is 29.8 Å². The second kappa shape index (κ2) is 12.3. The van der Waals surface area contributed by atoms with E-state index in [0.29, 0.717) is 5.57 Å². The van der Waals surface area contributed by atoms with Gasteiger partial charge in [-0.2, -0.15) is 0 Å². The van der Waals surface area contributed by atoms with E-state index in [-0.39, 0.29) is 30.6 Å². The largest absolute Gasteiger partial charge is 0.462 e. The third-order valence-corrected chi connectivity index (χ3v) is 11.0. The van der Waals surface area contributed by atoms with Crippen LogP contribution in [-0.2, 0) is 47.6 Å². The quantitative estimate of drug-likeness (QED) is 0.256. The van der Waals surface area contributed by atoms with Crippen molar-refractivity contribution in [3.63, 3.8) is 0 Å². The summed E-state index contributed by atoms with van der Waals surface area (Å²) in [5.74, 6) is -5.00. The summed E-state index contributed by atoms with van der Waals surface area (Å²) in [4.78, 5) is 64.6. The zero-order valence-electron chi connectivity index (χ0n) is 28.4. The van der Waals surface area contributed by atoms with Gasteiger partial charge in [0.1, 0.15) is 36.1 Å². The molecule has 4 aliphatic rings. The molecule has 2 N–H and O–H groups in total. The van der Waals surface area contributed by atoms with Crippen molar-refractivity contribution in [2.24, 2.45) is 16.7 Å². The molecular weight excluding hydrogens is 628 g/mol. The molecule has 0 amide bonds. The summed E-state index contributed by atoms with van der Waals surface area (Å²) in [6.07, 6.45) is -8.33. The highest BCUT2D eigenvalue weighted by atomic mass is 16.6. The molecule has 5 rings (SSSR count). The van der Waals surface area contributed by atoms with Gasteiger partial charge < -0.3 is 38.6 Å². The second-order valence-corrected chi connectivity index (χ2v) is 14.1. The number of rotatable bonds is 6. The van der Waals surface area contributed by atoms with Gasteiger partial charge in [-0.05, 0) is 30.2 Å². The number of hydrogen-bond acceptors (Lipinski definition) is 13. The van der Waals surface area contributed by atoms with Crippen LogP contribution in [0.2, 0.25) is 0 Å². The number of carbonyl (C=O) groups excluding carboxylic acids is 5. The maximum Gasteiger partial charge on any atom is 0.338 e. The number of aliphatic hydroxyl groups is 2. The number of esters is 5. The molecule has 10 atom stereocenters. The summed E-state index contributed by atoms with van der Waals surface area (Å²) in [6, 6.07) is 8.05. The molecule has 2 bridgehead atoms. The van der Waals surface area contributed by atoms with E-state index in [4.69, 9.17) is 28.4 Å². The molecule has 0 radical (unpaired) electrons. The fourth-order valence-electron chi connectivity index (χ4n) is 8.81. The Labute approximate surface area is 278 Å². The lowest BCUT2D eigenvalue weighted by Gasteiger charge is -2.69. The number of fused-ring (bicyclic) bond motifs is 5. The first-order valence-electron chi connectivity index (χ1n) is 16.0. The molecule has 48 heavy (non-hydrogen) atoms. The van der Waals surface area contributed by atoms with Crippen molar-refractivity contribution < 1.29 is 62.6 Å². The summed E-state index contributed by atoms with van der Waals surface area (Å²) in [5.41, 5.74) is -6.15. The first kappa shape index (κ1) is 35.5. The third-order valence-electron chi connectivity index (χ3n) is 11.0. The van der Waals surface area contributed by atoms with Crippen LogP contribution in [0, 0.1) is 16.7 Å². The lowest BCUT2D eigenvalue weighted by Crippen LogP contribution is -2.82. The lowest BCUT2D eigenvalue weighted by atomic mass is 9.44. The summed E-state index contributed by atoms with van der Waals surface area (Å²) >= 11 is 0. The SMILES string of the molecule is CC(=O)O[C@H]1C[C@@]2(O)[C@@H](OC(=O)c3ccccc3)[C@@H]3[C@]4(OC(C)=O)CO[C@@H]4C[C@H](OC(C)=O)[C@@]3(C)[C@H](O)[C@H](OC(C)=O)C(=C1C)C2(C)C. The van der Waals surface area contributed by atoms with Crippen LogP contribution in [0.15, 0.2) is 41.5 Å². The zero-order valence-corrected chi connectivity index (χ0v) is 28.4. The molecule has 0 aromatic heterocycles. The predicted molar refractivity (Wildman–Crippen MR) is 165 cm³/mol. The average Bonchev–Trinajstić information content (AvgIpc) is 2.97. The summed E-state index contributed by atoms with van der Waals surface area (Å²) in [6.45, 7) is 11.1. The Morgan fingerprint density at radius 2 is 1.46 bits per heavy atom. The van der Waals surface area contributed by atoms with E-state index < -0.39 is 94.4 Å². The van der Waals surface area contributed by atoms with Crippen molar-refractivity contribution in [2.45, 2.75) is 116 Å². The Bertz CT molecular complexity index is 1530. The van der Waals surface area contributed by atoms with Crippen LogP contribution in [0.5, 0.6) is 0 Å². The van der Waals surface area contributed by atoms with Crippen molar-refractivity contribution in [3.05, 3.63) is 47.0 Å². The van der Waals surface area contributed by atoms with Gasteiger partial charge in [-0.15, -0.1) is 0 Å². The Hall–Kier alpha value is -3.81. The number of carbonyl (C=O) groups is 5. The van der Waals surface area contributed by atoms with Gasteiger partial charge in [0, 0.05) is 51.4 Å². The van der Waals surface area contributed by atoms with Gasteiger partial charge in [0.15, 0.2) is 11.7 Å². The van der Waals surface area contributed by atoms with Gasteiger partial charge in [-0.25, -0.2) is 4.79 Å². The Kier molecular flexibility index (Phi) is 9.07. The third kappa shape index (κ3) is 5.39. The molecule has 3 aliphatic carbocycles. The van der Waals surface area contributed by atoms with Gasteiger partial charge in [0.25, 0.3) is 0 Å². The van der Waals surface area contributed by atoms with Crippen molar-refractivity contribution in [2.75, 3.05) is 6.61 Å². The fourth-order valence-corrected chi connectivity index (χ4v) is 8.81. The van der Waals surface area contributed by atoms with Crippen LogP contribution in [0.25, 0.3) is 0 Å². The first-order chi connectivity index (χ1) is 22.3. The van der Waals surface area contributed by atoms with Crippen molar-refractivity contribution in [1.82, 2.24) is 0 Å². The van der Waals surface area contributed by atoms with Crippen molar-refractivity contribution in [1.29, 1.82) is 0 Å². The number of hydrogen-bond donors (Lipinski definition) is 2. The van der Waals surface area contributed by atoms with E-state index >= 15 is 0 Å². The number of aliphatic hydroxyl groups excluding tert-OH is 1. The lowest BCUT2D eigenvalue weighted by molar-refractivity contribution is -0.365. The molecule has 0 spiro atoms. The highest BCUT2D eigenvalue weighted by Crippen LogP contribution is 2.65. The van der Waals surface area contributed by atoms with Gasteiger partial charge in [-0.1, -0.05) is 39.0 Å². The fraction of sp³-hybridized carbons (Fsp3) is 0.629. The zero-order chi connectivity index (χ0) is 35.6. The maximum absolute atomic E-state index is 14.0. The van der Waals surface area contributed by atoms with Crippen LogP contribution in [0.3, 0.4) is 0 Å². The minimum atomic E-state index is -2.15. The van der Waals surface area contributed by atoms with Gasteiger partial charge in [0.2, 0.25) is 0 Å². The highest BCUT2D eigenvalue weighted by Gasteiger charge is 2.78. The van der Waals surface area contributed by atoms with Crippen molar-refractivity contribution in [3.8, 4) is 0 Å². The summed E-state index contributed by atoms with van der Waals surface area (Å²) in [7, 11) is 0. The van der Waals surface area contributed by atoms with Gasteiger partial charge in [-0.3, -0.25) is 19.2 Å². The molecule has 1 heterocycles. The summed E-state index contributed by atoms with van der Waals surface area (Å²) in [5, 5.41) is 26.0. The normalized spacial score (nSPS) is 38.0. The first-order valence-corrected chi connectivity index (χ1v) is 16.0. The number of benzene rings is 1. The molecule has 262 valence electrons. The van der Waals surface area contributed by atoms with Gasteiger partial charge in [0.05, 0.1) is 18.1 Å². The Morgan fingerprint density at radius 1 is 0.854 bits per heavy atom. The predicted octanol–water partition coefficient (Wildman–Crippen LogP) is 2.59. The minimum absolute atomic E-state index is 0.0427. The van der Waals surface area contributed by atoms with E-state index in [1.54, 1.807) is 45.9 Å². The minimum Gasteiger partial charge on any atom is -0.462 e. The van der Waals surface area contributed by atoms with E-state index in [2.05, 4.69) is 0 Å². The van der Waals surface area contributed by atoms with E-state index in [9.17, 15) is 34.2 Å². The average molecular weight is 673 g/mol. The molecule has 0 unspecified atom stereocenters. The molecular formula is C35H44O13. The van der Waals surface area contributed by atoms with Crippen LogP contribution in [0.4, 0.5) is 0 Å². The van der Waals surface area contributed by atoms with Crippen LogP contribution < -0.4 is 0 Å². The molecule has 3 fully saturated rings. The molecule has 13 heteroatoms. The monoisotopic (exact) mass is 672 g/mol. The molecule has 1 saturated heterocycles. The van der Waals surface area contributed by atoms with Crippen LogP contribution in [-0.4, -0.2) is 94.5 Å². The van der Waals surface area contributed by atoms with Crippen LogP contribution >= 0.6 is 0 Å². The molecule has 1 aliphatic heterocycles. The van der Waals surface area contributed by atoms with E-state index in [1.807, 2.05) is 0 Å². The summed E-state index contributed by atoms with van der Waals surface area (Å²) < 4.78 is 35.9. The maximum atomic E-state index is 14.0. The van der Waals surface area contributed by atoms with Crippen molar-refractivity contribution >= 4 is 29.8 Å². The Balaban J connectivity index is 1.89. The molecule has 13 nitrogen and oxygen atoms in total. The smallest absolute Gasteiger partial charge is 0.338 e. The second-order valence-electron chi connectivity index (χ2n) is 14.1. The standard InChI is InChI=1S/C35H44O13/c1-17-23(44-18(2)36)15-35(42)30(47-31(41)22-12-10-9-11-13-22)28-33(8,29(40)27(46-20(4)38)26(17)32(35,6)7)24(45-19(3)37)14-25-34(28,16-43-25)48-21(5)39/h9-13,23-25,27-30,40,42H,14-16H2,1-8H3/t23-,24-,25+,27+,28-,29+,30-,33+,34-,35+/m0/s1.